The van der Waals surface area contributed by atoms with Crippen LogP contribution < -0.4 is 0 Å². The molecule has 0 aromatic carbocycles. The summed E-state index contributed by atoms with van der Waals surface area (Å²) < 4.78 is 16.8. The molecule has 0 aliphatic rings. The minimum absolute atomic E-state index is 0.0824. The molecule has 0 heterocycles. The Morgan fingerprint density at radius 1 is 0.312 bits per heavy atom. The maximum atomic E-state index is 12.8. The van der Waals surface area contributed by atoms with Gasteiger partial charge in [-0.05, 0) is 89.9 Å². The minimum atomic E-state index is -0.784. The third-order valence-corrected chi connectivity index (χ3v) is 11.7. The van der Waals surface area contributed by atoms with Crippen molar-refractivity contribution >= 4 is 17.9 Å². The van der Waals surface area contributed by atoms with Crippen molar-refractivity contribution in [2.24, 2.45) is 0 Å². The van der Waals surface area contributed by atoms with Crippen molar-refractivity contribution in [1.29, 1.82) is 0 Å². The summed E-state index contributed by atoms with van der Waals surface area (Å²) in [6, 6.07) is 0. The van der Waals surface area contributed by atoms with Gasteiger partial charge >= 0.3 is 17.9 Å². The zero-order chi connectivity index (χ0) is 46.5. The fraction of sp³-hybridized carbons (Fsp3) is 0.776. The monoisotopic (exact) mass is 895 g/mol. The number of carbonyl (C=O) groups excluding carboxylic acids is 3. The molecule has 0 N–H and O–H groups in total. The zero-order valence-corrected chi connectivity index (χ0v) is 42.3. The summed E-state index contributed by atoms with van der Waals surface area (Å²) in [4.78, 5) is 38.0. The Morgan fingerprint density at radius 3 is 0.922 bits per heavy atom. The summed E-state index contributed by atoms with van der Waals surface area (Å²) in [6.07, 6.45) is 64.8. The highest BCUT2D eigenvalue weighted by molar-refractivity contribution is 5.71. The Morgan fingerprint density at radius 2 is 0.562 bits per heavy atom. The van der Waals surface area contributed by atoms with E-state index in [1.807, 2.05) is 0 Å². The Kier molecular flexibility index (Phi) is 50.4. The third-order valence-electron chi connectivity index (χ3n) is 11.7. The van der Waals surface area contributed by atoms with Crippen LogP contribution in [0.1, 0.15) is 271 Å². The quantitative estimate of drug-likeness (QED) is 0.0262. The molecule has 0 spiro atoms. The molecule has 6 nitrogen and oxygen atoms in total. The van der Waals surface area contributed by atoms with Gasteiger partial charge < -0.3 is 14.2 Å². The summed E-state index contributed by atoms with van der Waals surface area (Å²) in [5.41, 5.74) is 0. The molecule has 1 atom stereocenters. The molecule has 0 aromatic rings. The first kappa shape index (κ1) is 61.1. The lowest BCUT2D eigenvalue weighted by molar-refractivity contribution is -0.167. The molecule has 0 aliphatic carbocycles. The van der Waals surface area contributed by atoms with Crippen molar-refractivity contribution < 1.29 is 28.6 Å². The average molecular weight is 895 g/mol. The summed E-state index contributed by atoms with van der Waals surface area (Å²) in [6.45, 7) is 6.58. The third kappa shape index (κ3) is 50.1. The lowest BCUT2D eigenvalue weighted by Crippen LogP contribution is -2.30. The molecular formula is C58H102O6. The van der Waals surface area contributed by atoms with E-state index in [0.717, 1.165) is 103 Å². The summed E-state index contributed by atoms with van der Waals surface area (Å²) in [7, 11) is 0. The Hall–Kier alpha value is -2.89. The van der Waals surface area contributed by atoms with Gasteiger partial charge in [0.1, 0.15) is 13.2 Å². The molecule has 0 radical (unpaired) electrons. The molecule has 0 saturated carbocycles. The molecule has 0 bridgehead atoms. The van der Waals surface area contributed by atoms with Crippen LogP contribution in [0.25, 0.3) is 0 Å². The van der Waals surface area contributed by atoms with Crippen LogP contribution in [0, 0.1) is 0 Å². The second-order valence-corrected chi connectivity index (χ2v) is 18.1. The van der Waals surface area contributed by atoms with Crippen molar-refractivity contribution in [1.82, 2.24) is 0 Å². The first-order valence-electron chi connectivity index (χ1n) is 27.3. The van der Waals surface area contributed by atoms with Gasteiger partial charge in [-0.2, -0.15) is 0 Å². The van der Waals surface area contributed by atoms with Crippen molar-refractivity contribution in [3.05, 3.63) is 60.8 Å². The van der Waals surface area contributed by atoms with Gasteiger partial charge in [0.2, 0.25) is 0 Å². The number of unbranched alkanes of at least 4 members (excludes halogenated alkanes) is 28. The van der Waals surface area contributed by atoms with Crippen molar-refractivity contribution in [3.8, 4) is 0 Å². The van der Waals surface area contributed by atoms with E-state index in [-0.39, 0.29) is 31.1 Å². The standard InChI is InChI=1S/C58H102O6/c1-4-7-10-13-16-19-22-24-26-28-29-30-32-33-36-39-42-45-48-51-57(60)63-54-55(53-62-56(59)50-47-44-41-38-35-21-18-15-12-9-6-3)64-58(61)52-49-46-43-40-37-34-31-27-25-23-20-17-14-11-8-5-2/h16,19-20,23-24,26-27,29-31,55H,4-15,17-18,21-22,25,28,32-54H2,1-3H3/b19-16-,23-20-,26-24-,30-29-,31-27-. The number of allylic oxidation sites excluding steroid dienone is 10. The number of ether oxygens (including phenoxy) is 3. The van der Waals surface area contributed by atoms with Crippen LogP contribution in [-0.2, 0) is 28.6 Å². The van der Waals surface area contributed by atoms with Crippen LogP contribution in [0.5, 0.6) is 0 Å². The second kappa shape index (κ2) is 52.7. The van der Waals surface area contributed by atoms with Crippen LogP contribution in [0.2, 0.25) is 0 Å². The first-order chi connectivity index (χ1) is 31.5. The zero-order valence-electron chi connectivity index (χ0n) is 42.3. The highest BCUT2D eigenvalue weighted by atomic mass is 16.6. The van der Waals surface area contributed by atoms with E-state index in [0.29, 0.717) is 19.3 Å². The van der Waals surface area contributed by atoms with Crippen LogP contribution >= 0.6 is 0 Å². The summed E-state index contributed by atoms with van der Waals surface area (Å²) >= 11 is 0. The number of esters is 3. The molecule has 0 saturated heterocycles. The van der Waals surface area contributed by atoms with Crippen LogP contribution in [-0.4, -0.2) is 37.2 Å². The maximum absolute atomic E-state index is 12.8. The number of hydrogen-bond acceptors (Lipinski definition) is 6. The molecule has 6 heteroatoms. The molecule has 64 heavy (non-hydrogen) atoms. The molecule has 370 valence electrons. The summed E-state index contributed by atoms with van der Waals surface area (Å²) in [5.74, 6) is -0.903. The van der Waals surface area contributed by atoms with Crippen LogP contribution in [0.3, 0.4) is 0 Å². The van der Waals surface area contributed by atoms with E-state index in [1.165, 1.54) is 128 Å². The summed E-state index contributed by atoms with van der Waals surface area (Å²) in [5, 5.41) is 0. The molecule has 0 rings (SSSR count). The average Bonchev–Trinajstić information content (AvgIpc) is 3.29. The number of carbonyl (C=O) groups is 3. The molecule has 0 amide bonds. The predicted octanol–water partition coefficient (Wildman–Crippen LogP) is 18.0. The van der Waals surface area contributed by atoms with Gasteiger partial charge in [-0.3, -0.25) is 14.4 Å². The number of hydrogen-bond donors (Lipinski definition) is 0. The lowest BCUT2D eigenvalue weighted by atomic mass is 10.1. The topological polar surface area (TPSA) is 78.9 Å². The number of rotatable bonds is 49. The van der Waals surface area contributed by atoms with E-state index in [4.69, 9.17) is 14.2 Å². The largest absolute Gasteiger partial charge is 0.462 e. The van der Waals surface area contributed by atoms with Crippen LogP contribution in [0.15, 0.2) is 60.8 Å². The van der Waals surface area contributed by atoms with Crippen molar-refractivity contribution in [2.45, 2.75) is 277 Å². The SMILES string of the molecule is CCCCC/C=C\C/C=C\C/C=C\CCCCCCCCC(=O)OCC(COC(=O)CCCCCCCCCCCCC)OC(=O)CCCCCCC/C=C\C/C=C\CCCCCC. The normalized spacial score (nSPS) is 12.5. The smallest absolute Gasteiger partial charge is 0.306 e. The Labute approximate surface area is 396 Å². The maximum Gasteiger partial charge on any atom is 0.306 e. The van der Waals surface area contributed by atoms with E-state index < -0.39 is 6.10 Å². The molecule has 1 unspecified atom stereocenters. The van der Waals surface area contributed by atoms with E-state index in [2.05, 4.69) is 81.5 Å². The van der Waals surface area contributed by atoms with E-state index in [1.54, 1.807) is 0 Å². The molecule has 0 fully saturated rings. The molecule has 0 aliphatic heterocycles. The minimum Gasteiger partial charge on any atom is -0.462 e. The van der Waals surface area contributed by atoms with Gasteiger partial charge in [0, 0.05) is 19.3 Å². The lowest BCUT2D eigenvalue weighted by Gasteiger charge is -2.18. The fourth-order valence-corrected chi connectivity index (χ4v) is 7.60. The fourth-order valence-electron chi connectivity index (χ4n) is 7.60. The molecule has 0 aromatic heterocycles. The second-order valence-electron chi connectivity index (χ2n) is 18.1. The molecular weight excluding hydrogens is 793 g/mol. The van der Waals surface area contributed by atoms with Gasteiger partial charge in [-0.25, -0.2) is 0 Å². The van der Waals surface area contributed by atoms with Gasteiger partial charge in [0.25, 0.3) is 0 Å². The van der Waals surface area contributed by atoms with Crippen molar-refractivity contribution in [3.63, 3.8) is 0 Å². The Bertz CT molecular complexity index is 1170. The van der Waals surface area contributed by atoms with Gasteiger partial charge in [-0.1, -0.05) is 223 Å². The van der Waals surface area contributed by atoms with Gasteiger partial charge in [-0.15, -0.1) is 0 Å². The van der Waals surface area contributed by atoms with Crippen molar-refractivity contribution in [2.75, 3.05) is 13.2 Å². The highest BCUT2D eigenvalue weighted by Crippen LogP contribution is 2.15. The highest BCUT2D eigenvalue weighted by Gasteiger charge is 2.19. The van der Waals surface area contributed by atoms with Gasteiger partial charge in [0.05, 0.1) is 0 Å². The van der Waals surface area contributed by atoms with E-state index >= 15 is 0 Å². The van der Waals surface area contributed by atoms with Crippen LogP contribution in [0.4, 0.5) is 0 Å². The van der Waals surface area contributed by atoms with E-state index in [9.17, 15) is 14.4 Å². The first-order valence-corrected chi connectivity index (χ1v) is 27.3. The predicted molar refractivity (Wildman–Crippen MR) is 275 cm³/mol. The van der Waals surface area contributed by atoms with Gasteiger partial charge in [0.15, 0.2) is 6.10 Å². The Balaban J connectivity index is 4.39.